The number of furan rings is 2. The molecule has 1 N–H and O–H groups in total. The van der Waals surface area contributed by atoms with E-state index in [0.29, 0.717) is 5.76 Å². The Balaban J connectivity index is 2.05. The van der Waals surface area contributed by atoms with E-state index in [-0.39, 0.29) is 0 Å². The number of hydrogen-bond donors (Lipinski definition) is 1. The molecule has 0 fully saturated rings. The molecule has 0 aliphatic rings. The molecule has 1 aromatic carbocycles. The van der Waals surface area contributed by atoms with Gasteiger partial charge in [-0.1, -0.05) is 6.07 Å². The third kappa shape index (κ3) is 1.42. The fourth-order valence-corrected chi connectivity index (χ4v) is 1.77. The Kier molecular flexibility index (Phi) is 2.04. The Morgan fingerprint density at radius 1 is 1.00 bits per heavy atom. The lowest BCUT2D eigenvalue weighted by atomic mass is 10.1. The van der Waals surface area contributed by atoms with Gasteiger partial charge in [0, 0.05) is 5.39 Å². The van der Waals surface area contributed by atoms with E-state index in [9.17, 15) is 5.11 Å². The molecule has 2 heterocycles. The van der Waals surface area contributed by atoms with Crippen molar-refractivity contribution in [3.8, 4) is 0 Å². The monoisotopic (exact) mass is 214 g/mol. The highest BCUT2D eigenvalue weighted by molar-refractivity contribution is 5.77. The molecule has 0 spiro atoms. The van der Waals surface area contributed by atoms with Gasteiger partial charge in [-0.2, -0.15) is 0 Å². The van der Waals surface area contributed by atoms with Gasteiger partial charge in [0.15, 0.2) is 0 Å². The quantitative estimate of drug-likeness (QED) is 0.712. The van der Waals surface area contributed by atoms with Crippen LogP contribution in [0.3, 0.4) is 0 Å². The van der Waals surface area contributed by atoms with E-state index in [4.69, 9.17) is 8.83 Å². The molecule has 0 amide bonds. The molecule has 1 atom stereocenters. The summed E-state index contributed by atoms with van der Waals surface area (Å²) < 4.78 is 10.4. The van der Waals surface area contributed by atoms with Crippen LogP contribution in [0.1, 0.15) is 17.4 Å². The van der Waals surface area contributed by atoms with Gasteiger partial charge in [-0.15, -0.1) is 0 Å². The number of fused-ring (bicyclic) bond motifs is 1. The Labute approximate surface area is 91.9 Å². The molecular weight excluding hydrogens is 204 g/mol. The molecule has 0 aliphatic carbocycles. The van der Waals surface area contributed by atoms with E-state index in [1.807, 2.05) is 24.3 Å². The lowest BCUT2D eigenvalue weighted by molar-refractivity contribution is 0.189. The lowest BCUT2D eigenvalue weighted by Crippen LogP contribution is -1.97. The van der Waals surface area contributed by atoms with Crippen molar-refractivity contribution in [2.75, 3.05) is 0 Å². The minimum atomic E-state index is -0.728. The standard InChI is InChI=1S/C13H10O3/c14-13(12-2-1-6-15-12)10-3-4-11-9(8-10)5-7-16-11/h1-8,13-14H. The summed E-state index contributed by atoms with van der Waals surface area (Å²) in [7, 11) is 0. The van der Waals surface area contributed by atoms with Crippen LogP contribution >= 0.6 is 0 Å². The van der Waals surface area contributed by atoms with Gasteiger partial charge in [-0.3, -0.25) is 0 Å². The van der Waals surface area contributed by atoms with E-state index in [1.54, 1.807) is 24.7 Å². The molecule has 2 aromatic heterocycles. The van der Waals surface area contributed by atoms with Gasteiger partial charge in [-0.25, -0.2) is 0 Å². The molecular formula is C13H10O3. The number of rotatable bonds is 2. The summed E-state index contributed by atoms with van der Waals surface area (Å²) in [6.45, 7) is 0. The van der Waals surface area contributed by atoms with Crippen LogP contribution in [0.25, 0.3) is 11.0 Å². The zero-order valence-electron chi connectivity index (χ0n) is 8.46. The van der Waals surface area contributed by atoms with E-state index < -0.39 is 6.10 Å². The molecule has 3 heteroatoms. The number of aliphatic hydroxyl groups excluding tert-OH is 1. The Hall–Kier alpha value is -2.00. The second kappa shape index (κ2) is 3.54. The van der Waals surface area contributed by atoms with E-state index >= 15 is 0 Å². The van der Waals surface area contributed by atoms with Crippen LogP contribution in [0.4, 0.5) is 0 Å². The predicted octanol–water partition coefficient (Wildman–Crippen LogP) is 3.11. The summed E-state index contributed by atoms with van der Waals surface area (Å²) in [5, 5.41) is 11.0. The zero-order valence-corrected chi connectivity index (χ0v) is 8.46. The van der Waals surface area contributed by atoms with E-state index in [1.165, 1.54) is 0 Å². The van der Waals surface area contributed by atoms with Crippen LogP contribution in [0.15, 0.2) is 57.8 Å². The number of benzene rings is 1. The minimum absolute atomic E-state index is 0.544. The summed E-state index contributed by atoms with van der Waals surface area (Å²) in [4.78, 5) is 0. The average Bonchev–Trinajstić information content (AvgIpc) is 2.98. The van der Waals surface area contributed by atoms with Crippen LogP contribution in [0.2, 0.25) is 0 Å². The summed E-state index contributed by atoms with van der Waals surface area (Å²) in [5.41, 5.74) is 1.61. The van der Waals surface area contributed by atoms with Gasteiger partial charge < -0.3 is 13.9 Å². The van der Waals surface area contributed by atoms with Gasteiger partial charge in [0.05, 0.1) is 12.5 Å². The Bertz CT molecular complexity index is 592. The predicted molar refractivity (Wildman–Crippen MR) is 59.0 cm³/mol. The molecule has 0 saturated carbocycles. The second-order valence-corrected chi connectivity index (χ2v) is 3.64. The summed E-state index contributed by atoms with van der Waals surface area (Å²) in [6.07, 6.45) is 2.46. The summed E-state index contributed by atoms with van der Waals surface area (Å²) in [5.74, 6) is 0.544. The highest BCUT2D eigenvalue weighted by Crippen LogP contribution is 2.25. The zero-order chi connectivity index (χ0) is 11.0. The SMILES string of the molecule is OC(c1ccc2occc2c1)c1ccco1. The highest BCUT2D eigenvalue weighted by Gasteiger charge is 2.13. The first-order chi connectivity index (χ1) is 7.84. The van der Waals surface area contributed by atoms with Crippen molar-refractivity contribution in [1.29, 1.82) is 0 Å². The van der Waals surface area contributed by atoms with Crippen LogP contribution in [0, 0.1) is 0 Å². The van der Waals surface area contributed by atoms with Crippen LogP contribution in [-0.2, 0) is 0 Å². The molecule has 0 saturated heterocycles. The van der Waals surface area contributed by atoms with Crippen LogP contribution < -0.4 is 0 Å². The maximum Gasteiger partial charge on any atom is 0.137 e. The van der Waals surface area contributed by atoms with Crippen LogP contribution in [-0.4, -0.2) is 5.11 Å². The second-order valence-electron chi connectivity index (χ2n) is 3.64. The van der Waals surface area contributed by atoms with Crippen molar-refractivity contribution >= 4 is 11.0 Å². The highest BCUT2D eigenvalue weighted by atomic mass is 16.4. The van der Waals surface area contributed by atoms with Crippen molar-refractivity contribution in [3.05, 3.63) is 60.2 Å². The minimum Gasteiger partial charge on any atom is -0.466 e. The van der Waals surface area contributed by atoms with Crippen molar-refractivity contribution < 1.29 is 13.9 Å². The fraction of sp³-hybridized carbons (Fsp3) is 0.0769. The maximum absolute atomic E-state index is 10.1. The Morgan fingerprint density at radius 3 is 2.75 bits per heavy atom. The summed E-state index contributed by atoms with van der Waals surface area (Å²) in [6, 6.07) is 11.0. The van der Waals surface area contributed by atoms with Gasteiger partial charge in [0.2, 0.25) is 0 Å². The van der Waals surface area contributed by atoms with Gasteiger partial charge in [-0.05, 0) is 35.9 Å². The molecule has 0 aliphatic heterocycles. The molecule has 0 bridgehead atoms. The lowest BCUT2D eigenvalue weighted by Gasteiger charge is -2.07. The Morgan fingerprint density at radius 2 is 1.94 bits per heavy atom. The molecule has 16 heavy (non-hydrogen) atoms. The fourth-order valence-electron chi connectivity index (χ4n) is 1.77. The molecule has 3 aromatic rings. The van der Waals surface area contributed by atoms with Crippen LogP contribution in [0.5, 0.6) is 0 Å². The summed E-state index contributed by atoms with van der Waals surface area (Å²) >= 11 is 0. The molecule has 1 unspecified atom stereocenters. The van der Waals surface area contributed by atoms with Crippen molar-refractivity contribution in [2.45, 2.75) is 6.10 Å². The van der Waals surface area contributed by atoms with Gasteiger partial charge >= 0.3 is 0 Å². The third-order valence-electron chi connectivity index (χ3n) is 2.60. The molecule has 80 valence electrons. The maximum atomic E-state index is 10.1. The topological polar surface area (TPSA) is 46.5 Å². The number of aliphatic hydroxyl groups is 1. The smallest absolute Gasteiger partial charge is 0.137 e. The van der Waals surface area contributed by atoms with Gasteiger partial charge in [0.25, 0.3) is 0 Å². The largest absolute Gasteiger partial charge is 0.466 e. The van der Waals surface area contributed by atoms with Gasteiger partial charge in [0.1, 0.15) is 17.4 Å². The molecule has 3 rings (SSSR count). The normalized spacial score (nSPS) is 13.1. The van der Waals surface area contributed by atoms with Crippen molar-refractivity contribution in [3.63, 3.8) is 0 Å². The molecule has 3 nitrogen and oxygen atoms in total. The number of hydrogen-bond acceptors (Lipinski definition) is 3. The van der Waals surface area contributed by atoms with Crippen molar-refractivity contribution in [2.24, 2.45) is 0 Å². The first-order valence-corrected chi connectivity index (χ1v) is 5.03. The first-order valence-electron chi connectivity index (χ1n) is 5.03. The van der Waals surface area contributed by atoms with Crippen molar-refractivity contribution in [1.82, 2.24) is 0 Å². The first kappa shape index (κ1) is 9.24. The van der Waals surface area contributed by atoms with E-state index in [0.717, 1.165) is 16.5 Å². The molecule has 0 radical (unpaired) electrons. The average molecular weight is 214 g/mol. The van der Waals surface area contributed by atoms with E-state index in [2.05, 4.69) is 0 Å². The third-order valence-corrected chi connectivity index (χ3v) is 2.60.